The highest BCUT2D eigenvalue weighted by Crippen LogP contribution is 2.19. The van der Waals surface area contributed by atoms with Gasteiger partial charge in [-0.15, -0.1) is 0 Å². The maximum absolute atomic E-state index is 12.4. The van der Waals surface area contributed by atoms with Gasteiger partial charge in [-0.05, 0) is 51.5 Å². The molecule has 0 aliphatic rings. The molecule has 0 saturated carbocycles. The van der Waals surface area contributed by atoms with Crippen molar-refractivity contribution < 1.29 is 27.6 Å². The largest absolute Gasteiger partial charge is 0.478 e. The van der Waals surface area contributed by atoms with Crippen LogP contribution in [0.2, 0.25) is 0 Å². The van der Waals surface area contributed by atoms with Crippen LogP contribution in [0.3, 0.4) is 0 Å². The number of amides is 1. The minimum atomic E-state index is -3.99. The minimum Gasteiger partial charge on any atom is -0.478 e. The maximum atomic E-state index is 12.4. The summed E-state index contributed by atoms with van der Waals surface area (Å²) in [6, 6.07) is 3.22. The Morgan fingerprint density at radius 3 is 2.38 bits per heavy atom. The lowest BCUT2D eigenvalue weighted by molar-refractivity contribution is -0.117. The molecule has 1 heterocycles. The summed E-state index contributed by atoms with van der Waals surface area (Å²) >= 11 is 0. The summed E-state index contributed by atoms with van der Waals surface area (Å²) in [7, 11) is -3.99. The first-order valence-corrected chi connectivity index (χ1v) is 9.11. The Bertz CT molecular complexity index is 945. The van der Waals surface area contributed by atoms with Crippen molar-refractivity contribution in [1.82, 2.24) is 9.88 Å². The van der Waals surface area contributed by atoms with Crippen molar-refractivity contribution in [3.63, 3.8) is 0 Å². The Hall–Kier alpha value is -2.72. The molecule has 0 aliphatic heterocycles. The van der Waals surface area contributed by atoms with E-state index < -0.39 is 27.9 Å². The lowest BCUT2D eigenvalue weighted by atomic mass is 10.1. The van der Waals surface area contributed by atoms with Crippen molar-refractivity contribution in [3.05, 3.63) is 40.8 Å². The zero-order valence-electron chi connectivity index (χ0n) is 14.7. The van der Waals surface area contributed by atoms with Gasteiger partial charge in [-0.25, -0.2) is 13.2 Å². The molecule has 0 spiro atoms. The standard InChI is InChI=1S/C16H19N3O6S/c1-8-7-12(5-6-13(8)16(21)22)17-15(20)10(3)19-26(23,24)14-9(2)18-25-11(14)4/h5-7,10,19H,1-4H3,(H,17,20)(H,21,22). The van der Waals surface area contributed by atoms with Crippen LogP contribution in [-0.4, -0.2) is 36.6 Å². The smallest absolute Gasteiger partial charge is 0.335 e. The van der Waals surface area contributed by atoms with Gasteiger partial charge in [0.2, 0.25) is 15.9 Å². The Balaban J connectivity index is 2.13. The predicted molar refractivity (Wildman–Crippen MR) is 92.5 cm³/mol. The van der Waals surface area contributed by atoms with Gasteiger partial charge in [0.25, 0.3) is 0 Å². The van der Waals surface area contributed by atoms with Gasteiger partial charge in [0.1, 0.15) is 10.6 Å². The van der Waals surface area contributed by atoms with Gasteiger partial charge < -0.3 is 14.9 Å². The molecule has 2 aromatic rings. The van der Waals surface area contributed by atoms with Crippen molar-refractivity contribution in [2.75, 3.05) is 5.32 Å². The first-order valence-electron chi connectivity index (χ1n) is 7.63. The minimum absolute atomic E-state index is 0.0983. The predicted octanol–water partition coefficient (Wildman–Crippen LogP) is 1.60. The summed E-state index contributed by atoms with van der Waals surface area (Å²) in [6.07, 6.45) is 0. The molecular formula is C16H19N3O6S. The average molecular weight is 381 g/mol. The number of carbonyl (C=O) groups is 2. The van der Waals surface area contributed by atoms with Crippen molar-refractivity contribution in [3.8, 4) is 0 Å². The van der Waals surface area contributed by atoms with Crippen LogP contribution in [-0.2, 0) is 14.8 Å². The number of rotatable bonds is 6. The summed E-state index contributed by atoms with van der Waals surface area (Å²) < 4.78 is 32.0. The number of hydrogen-bond donors (Lipinski definition) is 3. The van der Waals surface area contributed by atoms with E-state index in [0.717, 1.165) is 0 Å². The molecule has 1 atom stereocenters. The number of nitrogens with zero attached hydrogens (tertiary/aromatic N) is 1. The number of aryl methyl sites for hydroxylation is 3. The monoisotopic (exact) mass is 381 g/mol. The van der Waals surface area contributed by atoms with Gasteiger partial charge in [0.05, 0.1) is 11.6 Å². The first-order chi connectivity index (χ1) is 12.0. The number of sulfonamides is 1. The van der Waals surface area contributed by atoms with Gasteiger partial charge in [0.15, 0.2) is 5.76 Å². The zero-order chi connectivity index (χ0) is 19.6. The van der Waals surface area contributed by atoms with Gasteiger partial charge in [-0.1, -0.05) is 5.16 Å². The van der Waals surface area contributed by atoms with E-state index in [0.29, 0.717) is 11.3 Å². The fourth-order valence-electron chi connectivity index (χ4n) is 2.44. The van der Waals surface area contributed by atoms with E-state index in [4.69, 9.17) is 9.63 Å². The van der Waals surface area contributed by atoms with Crippen LogP contribution in [0.4, 0.5) is 5.69 Å². The number of nitrogens with one attached hydrogen (secondary N) is 2. The van der Waals surface area contributed by atoms with Gasteiger partial charge >= 0.3 is 5.97 Å². The molecule has 3 N–H and O–H groups in total. The second-order valence-electron chi connectivity index (χ2n) is 5.82. The molecule has 1 amide bonds. The highest BCUT2D eigenvalue weighted by molar-refractivity contribution is 7.89. The molecule has 0 aliphatic carbocycles. The molecule has 1 aromatic carbocycles. The molecule has 10 heteroatoms. The van der Waals surface area contributed by atoms with Crippen molar-refractivity contribution in [2.24, 2.45) is 0 Å². The quantitative estimate of drug-likeness (QED) is 0.691. The van der Waals surface area contributed by atoms with E-state index >= 15 is 0 Å². The zero-order valence-corrected chi connectivity index (χ0v) is 15.5. The molecule has 26 heavy (non-hydrogen) atoms. The summed E-state index contributed by atoms with van der Waals surface area (Å²) in [5, 5.41) is 15.2. The lowest BCUT2D eigenvalue weighted by Crippen LogP contribution is -2.41. The summed E-state index contributed by atoms with van der Waals surface area (Å²) in [4.78, 5) is 23.2. The van der Waals surface area contributed by atoms with Crippen LogP contribution in [0, 0.1) is 20.8 Å². The second kappa shape index (κ2) is 7.26. The molecule has 1 aromatic heterocycles. The van der Waals surface area contributed by atoms with Gasteiger partial charge in [-0.2, -0.15) is 4.72 Å². The van der Waals surface area contributed by atoms with Crippen LogP contribution in [0.1, 0.15) is 34.3 Å². The van der Waals surface area contributed by atoms with Crippen LogP contribution >= 0.6 is 0 Å². The molecule has 0 bridgehead atoms. The van der Waals surface area contributed by atoms with Crippen LogP contribution in [0.15, 0.2) is 27.6 Å². The molecule has 2 rings (SSSR count). The van der Waals surface area contributed by atoms with Crippen LogP contribution in [0.5, 0.6) is 0 Å². The molecule has 0 saturated heterocycles. The van der Waals surface area contributed by atoms with Gasteiger partial charge in [-0.3, -0.25) is 4.79 Å². The van der Waals surface area contributed by atoms with E-state index in [9.17, 15) is 18.0 Å². The normalized spacial score (nSPS) is 12.6. The molecule has 9 nitrogen and oxygen atoms in total. The third-order valence-corrected chi connectivity index (χ3v) is 5.47. The number of anilines is 1. The first kappa shape index (κ1) is 19.6. The number of aromatic carboxylic acids is 1. The maximum Gasteiger partial charge on any atom is 0.335 e. The Labute approximate surface area is 150 Å². The Kier molecular flexibility index (Phi) is 5.47. The molecule has 1 unspecified atom stereocenters. The molecule has 0 radical (unpaired) electrons. The Morgan fingerprint density at radius 1 is 1.23 bits per heavy atom. The Morgan fingerprint density at radius 2 is 1.88 bits per heavy atom. The SMILES string of the molecule is Cc1cc(NC(=O)C(C)NS(=O)(=O)c2c(C)noc2C)ccc1C(=O)O. The third kappa shape index (κ3) is 4.09. The summed E-state index contributed by atoms with van der Waals surface area (Å²) in [5.41, 5.74) is 1.15. The van der Waals surface area contributed by atoms with E-state index in [1.165, 1.54) is 39.0 Å². The van der Waals surface area contributed by atoms with E-state index in [1.807, 2.05) is 0 Å². The molecule has 0 fully saturated rings. The second-order valence-corrected chi connectivity index (χ2v) is 7.47. The number of carboxylic acid groups (broad SMARTS) is 1. The fraction of sp³-hybridized carbons (Fsp3) is 0.312. The van der Waals surface area contributed by atoms with Crippen LogP contribution in [0.25, 0.3) is 0 Å². The van der Waals surface area contributed by atoms with Crippen molar-refractivity contribution in [1.29, 1.82) is 0 Å². The molecular weight excluding hydrogens is 362 g/mol. The van der Waals surface area contributed by atoms with E-state index in [2.05, 4.69) is 15.2 Å². The third-order valence-electron chi connectivity index (χ3n) is 3.69. The molecule has 140 valence electrons. The number of aromatic nitrogens is 1. The number of benzene rings is 1. The van der Waals surface area contributed by atoms with Gasteiger partial charge in [0, 0.05) is 5.69 Å². The van der Waals surface area contributed by atoms with Crippen molar-refractivity contribution in [2.45, 2.75) is 38.6 Å². The fourth-order valence-corrected chi connectivity index (χ4v) is 3.97. The lowest BCUT2D eigenvalue weighted by Gasteiger charge is -2.15. The topological polar surface area (TPSA) is 139 Å². The van der Waals surface area contributed by atoms with Crippen molar-refractivity contribution >= 4 is 27.6 Å². The highest BCUT2D eigenvalue weighted by Gasteiger charge is 2.28. The number of carboxylic acids is 1. The van der Waals surface area contributed by atoms with E-state index in [-0.39, 0.29) is 21.9 Å². The highest BCUT2D eigenvalue weighted by atomic mass is 32.2. The van der Waals surface area contributed by atoms with E-state index in [1.54, 1.807) is 6.92 Å². The summed E-state index contributed by atoms with van der Waals surface area (Å²) in [5.74, 6) is -1.54. The average Bonchev–Trinajstić information content (AvgIpc) is 2.86. The number of carbonyl (C=O) groups excluding carboxylic acids is 1. The number of hydrogen-bond acceptors (Lipinski definition) is 6. The van der Waals surface area contributed by atoms with Crippen LogP contribution < -0.4 is 10.0 Å². The summed E-state index contributed by atoms with van der Waals surface area (Å²) in [6.45, 7) is 5.95.